The fraction of sp³-hybridized carbons (Fsp3) is 0.500. The summed E-state index contributed by atoms with van der Waals surface area (Å²) in [6.45, 7) is 2.34. The summed E-state index contributed by atoms with van der Waals surface area (Å²) in [4.78, 5) is 25.9. The molecule has 2 aromatic rings. The van der Waals surface area contributed by atoms with Crippen LogP contribution in [0.15, 0.2) is 17.1 Å². The van der Waals surface area contributed by atoms with Crippen LogP contribution in [0.5, 0.6) is 5.75 Å². The SMILES string of the molecule is COc1c(N2CC(OC)C(C)(N)C2)c(F)cc2c(=O)c(C(=O)O)cn(C3CC3F)c12. The molecule has 1 saturated carbocycles. The van der Waals surface area contributed by atoms with Gasteiger partial charge < -0.3 is 29.8 Å². The Kier molecular flexibility index (Phi) is 4.74. The van der Waals surface area contributed by atoms with Crippen molar-refractivity contribution in [3.05, 3.63) is 33.9 Å². The molecule has 2 aliphatic rings. The number of methoxy groups -OCH3 is 2. The molecule has 4 rings (SSSR count). The molecule has 4 atom stereocenters. The molecule has 162 valence electrons. The third kappa shape index (κ3) is 3.02. The third-order valence-electron chi connectivity index (χ3n) is 5.93. The largest absolute Gasteiger partial charge is 0.492 e. The fourth-order valence-electron chi connectivity index (χ4n) is 4.29. The highest BCUT2D eigenvalue weighted by Gasteiger charge is 2.44. The summed E-state index contributed by atoms with van der Waals surface area (Å²) < 4.78 is 41.5. The lowest BCUT2D eigenvalue weighted by atomic mass is 10.0. The van der Waals surface area contributed by atoms with E-state index >= 15 is 4.39 Å². The summed E-state index contributed by atoms with van der Waals surface area (Å²) in [6, 6.07) is 0.339. The standard InChI is InChI=1S/C20H23F2N3O5/c1-20(23)8-24(7-14(20)29-2)16-12(22)4-9-15(18(16)30-3)25(13-5-11(13)21)6-10(17(9)26)19(27)28/h4,6,11,13-14H,5,7-8,23H2,1-3H3,(H,27,28). The molecule has 0 spiro atoms. The number of carboxylic acids is 1. The first kappa shape index (κ1) is 20.5. The van der Waals surface area contributed by atoms with Crippen molar-refractivity contribution in [1.29, 1.82) is 0 Å². The van der Waals surface area contributed by atoms with Gasteiger partial charge in [-0.2, -0.15) is 0 Å². The van der Waals surface area contributed by atoms with E-state index in [0.717, 1.165) is 12.3 Å². The number of alkyl halides is 1. The average molecular weight is 423 g/mol. The van der Waals surface area contributed by atoms with Crippen molar-refractivity contribution < 1.29 is 28.2 Å². The Morgan fingerprint density at radius 2 is 2.07 bits per heavy atom. The average Bonchev–Trinajstić information content (AvgIpc) is 3.31. The number of nitrogens with zero attached hydrogens (tertiary/aromatic N) is 2. The minimum atomic E-state index is -1.46. The summed E-state index contributed by atoms with van der Waals surface area (Å²) in [7, 11) is 2.84. The first-order valence-corrected chi connectivity index (χ1v) is 9.50. The lowest BCUT2D eigenvalue weighted by Gasteiger charge is -2.25. The van der Waals surface area contributed by atoms with E-state index in [0.29, 0.717) is 0 Å². The molecule has 1 aliphatic heterocycles. The van der Waals surface area contributed by atoms with Gasteiger partial charge in [0.05, 0.1) is 35.7 Å². The minimum Gasteiger partial charge on any atom is -0.492 e. The van der Waals surface area contributed by atoms with Crippen LogP contribution in [0.2, 0.25) is 0 Å². The van der Waals surface area contributed by atoms with Crippen molar-refractivity contribution >= 4 is 22.6 Å². The molecule has 2 fully saturated rings. The Morgan fingerprint density at radius 3 is 2.57 bits per heavy atom. The molecule has 1 aliphatic carbocycles. The monoisotopic (exact) mass is 423 g/mol. The van der Waals surface area contributed by atoms with Crippen molar-refractivity contribution in [1.82, 2.24) is 4.57 Å². The zero-order chi connectivity index (χ0) is 22.0. The van der Waals surface area contributed by atoms with Crippen molar-refractivity contribution in [3.8, 4) is 5.75 Å². The minimum absolute atomic E-state index is 0.0330. The van der Waals surface area contributed by atoms with Crippen LogP contribution >= 0.6 is 0 Å². The molecule has 0 amide bonds. The van der Waals surface area contributed by atoms with E-state index in [4.69, 9.17) is 15.2 Å². The van der Waals surface area contributed by atoms with Gasteiger partial charge in [0.2, 0.25) is 5.43 Å². The molecule has 0 radical (unpaired) electrons. The number of pyridine rings is 1. The quantitative estimate of drug-likeness (QED) is 0.754. The van der Waals surface area contributed by atoms with E-state index < -0.39 is 40.5 Å². The molecule has 10 heteroatoms. The third-order valence-corrected chi connectivity index (χ3v) is 5.93. The van der Waals surface area contributed by atoms with Crippen LogP contribution in [0.3, 0.4) is 0 Å². The van der Waals surface area contributed by atoms with Crippen LogP contribution in [0.1, 0.15) is 29.7 Å². The number of hydrogen-bond donors (Lipinski definition) is 2. The van der Waals surface area contributed by atoms with E-state index in [2.05, 4.69) is 0 Å². The number of anilines is 1. The summed E-state index contributed by atoms with van der Waals surface area (Å²) in [5, 5.41) is 9.21. The number of rotatable bonds is 5. The van der Waals surface area contributed by atoms with Gasteiger partial charge in [0.1, 0.15) is 17.4 Å². The van der Waals surface area contributed by atoms with E-state index in [-0.39, 0.29) is 48.0 Å². The summed E-state index contributed by atoms with van der Waals surface area (Å²) in [5.74, 6) is -2.19. The summed E-state index contributed by atoms with van der Waals surface area (Å²) >= 11 is 0. The van der Waals surface area contributed by atoms with E-state index in [1.165, 1.54) is 18.8 Å². The van der Waals surface area contributed by atoms with Gasteiger partial charge in [0.25, 0.3) is 0 Å². The molecule has 30 heavy (non-hydrogen) atoms. The summed E-state index contributed by atoms with van der Waals surface area (Å²) in [5.41, 5.74) is 4.38. The van der Waals surface area contributed by atoms with Gasteiger partial charge in [-0.25, -0.2) is 13.6 Å². The molecule has 8 nitrogen and oxygen atoms in total. The lowest BCUT2D eigenvalue weighted by molar-refractivity contribution is 0.0694. The van der Waals surface area contributed by atoms with Crippen LogP contribution < -0.4 is 20.8 Å². The Labute approximate surface area is 170 Å². The van der Waals surface area contributed by atoms with Crippen molar-refractivity contribution in [2.75, 3.05) is 32.2 Å². The lowest BCUT2D eigenvalue weighted by Crippen LogP contribution is -2.48. The molecule has 0 bridgehead atoms. The van der Waals surface area contributed by atoms with Crippen LogP contribution in [-0.2, 0) is 4.74 Å². The van der Waals surface area contributed by atoms with Crippen LogP contribution in [-0.4, -0.2) is 60.8 Å². The predicted octanol–water partition coefficient (Wildman–Crippen LogP) is 1.68. The van der Waals surface area contributed by atoms with Crippen molar-refractivity contribution in [2.45, 2.75) is 37.2 Å². The molecular formula is C20H23F2N3O5. The van der Waals surface area contributed by atoms with E-state index in [1.54, 1.807) is 11.8 Å². The Balaban J connectivity index is 2.01. The Morgan fingerprint density at radius 1 is 1.40 bits per heavy atom. The van der Waals surface area contributed by atoms with E-state index in [9.17, 15) is 19.1 Å². The highest BCUT2D eigenvalue weighted by molar-refractivity contribution is 5.97. The molecule has 2 heterocycles. The number of hydrogen-bond acceptors (Lipinski definition) is 6. The predicted molar refractivity (Wildman–Crippen MR) is 106 cm³/mol. The van der Waals surface area contributed by atoms with Gasteiger partial charge in [-0.15, -0.1) is 0 Å². The molecule has 1 saturated heterocycles. The topological polar surface area (TPSA) is 107 Å². The highest BCUT2D eigenvalue weighted by atomic mass is 19.1. The summed E-state index contributed by atoms with van der Waals surface area (Å²) in [6.07, 6.45) is -0.278. The number of carbonyl (C=O) groups is 1. The molecule has 3 N–H and O–H groups in total. The van der Waals surface area contributed by atoms with Crippen LogP contribution in [0.25, 0.3) is 10.9 Å². The van der Waals surface area contributed by atoms with Gasteiger partial charge in [0, 0.05) is 32.8 Å². The van der Waals surface area contributed by atoms with Gasteiger partial charge >= 0.3 is 5.97 Å². The molecule has 1 aromatic heterocycles. The zero-order valence-corrected chi connectivity index (χ0v) is 16.8. The molecular weight excluding hydrogens is 400 g/mol. The number of fused-ring (bicyclic) bond motifs is 1. The second-order valence-electron chi connectivity index (χ2n) is 8.15. The Bertz CT molecular complexity index is 1100. The number of aromatic carboxylic acids is 1. The van der Waals surface area contributed by atoms with Crippen molar-refractivity contribution in [2.24, 2.45) is 5.73 Å². The number of ether oxygens (including phenoxy) is 2. The van der Waals surface area contributed by atoms with Gasteiger partial charge in [0.15, 0.2) is 11.6 Å². The van der Waals surface area contributed by atoms with Crippen LogP contribution in [0, 0.1) is 5.82 Å². The second-order valence-corrected chi connectivity index (χ2v) is 8.15. The first-order valence-electron chi connectivity index (χ1n) is 9.50. The number of benzene rings is 1. The Hall–Kier alpha value is -2.72. The fourth-order valence-corrected chi connectivity index (χ4v) is 4.29. The maximum atomic E-state index is 15.3. The van der Waals surface area contributed by atoms with E-state index in [1.807, 2.05) is 0 Å². The number of nitrogens with two attached hydrogens (primary N) is 1. The maximum Gasteiger partial charge on any atom is 0.341 e. The van der Waals surface area contributed by atoms with Gasteiger partial charge in [-0.05, 0) is 13.0 Å². The normalized spacial score (nSPS) is 28.2. The highest BCUT2D eigenvalue weighted by Crippen LogP contribution is 2.46. The second kappa shape index (κ2) is 6.92. The number of halogens is 2. The van der Waals surface area contributed by atoms with Gasteiger partial charge in [-0.1, -0.05) is 0 Å². The van der Waals surface area contributed by atoms with Gasteiger partial charge in [-0.3, -0.25) is 4.79 Å². The first-order chi connectivity index (χ1) is 14.1. The van der Waals surface area contributed by atoms with Crippen LogP contribution in [0.4, 0.5) is 14.5 Å². The number of carboxylic acid groups (broad SMARTS) is 1. The molecule has 1 aromatic carbocycles. The molecule has 4 unspecified atom stereocenters. The zero-order valence-electron chi connectivity index (χ0n) is 16.8. The number of aromatic nitrogens is 1. The maximum absolute atomic E-state index is 15.3. The van der Waals surface area contributed by atoms with Crippen molar-refractivity contribution in [3.63, 3.8) is 0 Å². The smallest absolute Gasteiger partial charge is 0.341 e.